The predicted molar refractivity (Wildman–Crippen MR) is 240 cm³/mol. The molecule has 0 spiro atoms. The third-order valence-corrected chi connectivity index (χ3v) is 17.0. The Labute approximate surface area is 382 Å². The lowest BCUT2D eigenvalue weighted by atomic mass is 10.1. The SMILES string of the molecule is CCOP(=O)(OCC)C(COCC[Si](C)(C)C)(COCc1nnn(COCC[Si](C)(C)C)n1)OC[C@H]1O[C@@H](n2ncc3c(OC(=O)NC4CCCC4)nc(Cl)nc32)[C@@H]2OC(C)(C)O[C@@H]21. The minimum atomic E-state index is -4.19. The summed E-state index contributed by atoms with van der Waals surface area (Å²) in [6.07, 6.45) is 1.47. The molecule has 3 aliphatic rings. The van der Waals surface area contributed by atoms with Crippen LogP contribution >= 0.6 is 19.2 Å². The smallest absolute Gasteiger partial charge is 0.390 e. The van der Waals surface area contributed by atoms with Gasteiger partial charge < -0.3 is 52.3 Å². The zero-order chi connectivity index (χ0) is 46.3. The first-order valence-electron chi connectivity index (χ1n) is 22.2. The Morgan fingerprint density at radius 1 is 0.969 bits per heavy atom. The van der Waals surface area contributed by atoms with E-state index in [1.54, 1.807) is 27.7 Å². The molecule has 64 heavy (non-hydrogen) atoms. The van der Waals surface area contributed by atoms with Crippen LogP contribution in [0, 0.1) is 0 Å². The first kappa shape index (κ1) is 50.9. The second-order valence-corrected chi connectivity index (χ2v) is 33.0. The van der Waals surface area contributed by atoms with Crippen molar-refractivity contribution in [2.45, 2.75) is 160 Å². The Hall–Kier alpha value is -2.52. The van der Waals surface area contributed by atoms with Crippen molar-refractivity contribution in [3.8, 4) is 5.88 Å². The highest BCUT2D eigenvalue weighted by atomic mass is 35.5. The minimum Gasteiger partial charge on any atom is -0.390 e. The van der Waals surface area contributed by atoms with Gasteiger partial charge >= 0.3 is 13.7 Å². The lowest BCUT2D eigenvalue weighted by molar-refractivity contribution is -0.209. The number of carbonyl (C=O) groups excluding carboxylic acids is 1. The molecule has 25 heteroatoms. The molecule has 0 radical (unpaired) electrons. The van der Waals surface area contributed by atoms with E-state index in [1.807, 2.05) is 0 Å². The van der Waals surface area contributed by atoms with Crippen molar-refractivity contribution in [2.24, 2.45) is 0 Å². The molecule has 5 atom stereocenters. The van der Waals surface area contributed by atoms with Gasteiger partial charge in [-0.05, 0) is 69.4 Å². The van der Waals surface area contributed by atoms with Crippen LogP contribution in [0.4, 0.5) is 4.79 Å². The van der Waals surface area contributed by atoms with E-state index < -0.39 is 65.5 Å². The summed E-state index contributed by atoms with van der Waals surface area (Å²) >= 11 is 6.41. The van der Waals surface area contributed by atoms with Crippen molar-refractivity contribution in [1.29, 1.82) is 0 Å². The van der Waals surface area contributed by atoms with E-state index in [2.05, 4.69) is 75.1 Å². The lowest BCUT2D eigenvalue weighted by Crippen LogP contribution is -2.47. The molecule has 5 heterocycles. The number of nitrogens with one attached hydrogen (secondary N) is 1. The summed E-state index contributed by atoms with van der Waals surface area (Å²) in [4.78, 5) is 22.9. The standard InChI is InChI=1S/C39H67ClN9O12PSi2/c1-11-56-62(51,57-12-2)39(24-52-17-19-63(5,6)7,25-54-23-30-45-47-48(46-30)26-53-18-20-64(8,9)10)55-22-29-31-32(61-38(3,4)60-31)35(58-29)49-33-28(21-41-49)34(44-36(40)43-33)59-37(50)42-27-15-13-14-16-27/h21,27,29,31-32,35H,11-20,22-26H2,1-10H3,(H,42,50)/t29-,31-,32-,35-,39?/m1/s1. The first-order chi connectivity index (χ1) is 30.2. The monoisotopic (exact) mass is 975 g/mol. The molecule has 1 unspecified atom stereocenters. The molecule has 1 aliphatic carbocycles. The number of aromatic nitrogens is 8. The van der Waals surface area contributed by atoms with Gasteiger partial charge in [-0.25, -0.2) is 9.48 Å². The summed E-state index contributed by atoms with van der Waals surface area (Å²) in [5.41, 5.74) is 0.238. The first-order valence-corrected chi connectivity index (χ1v) is 31.5. The average Bonchev–Trinajstić information content (AvgIpc) is 4.04. The number of amides is 1. The van der Waals surface area contributed by atoms with Crippen LogP contribution in [-0.4, -0.2) is 144 Å². The Balaban J connectivity index is 1.24. The van der Waals surface area contributed by atoms with Crippen LogP contribution in [0.1, 0.15) is 65.4 Å². The van der Waals surface area contributed by atoms with E-state index in [4.69, 9.17) is 58.5 Å². The molecule has 360 valence electrons. The van der Waals surface area contributed by atoms with Crippen LogP contribution < -0.4 is 10.1 Å². The van der Waals surface area contributed by atoms with Crippen LogP contribution in [-0.2, 0) is 60.1 Å². The van der Waals surface area contributed by atoms with Crippen LogP contribution in [0.5, 0.6) is 5.88 Å². The van der Waals surface area contributed by atoms with Crippen LogP contribution in [0.25, 0.3) is 11.0 Å². The quantitative estimate of drug-likeness (QED) is 0.0400. The molecular weight excluding hydrogens is 909 g/mol. The zero-order valence-corrected chi connectivity index (χ0v) is 42.5. The van der Waals surface area contributed by atoms with Gasteiger partial charge in [0.25, 0.3) is 0 Å². The number of carbonyl (C=O) groups is 1. The third kappa shape index (κ3) is 13.3. The number of hydrogen-bond acceptors (Lipinski definition) is 18. The number of hydrogen-bond donors (Lipinski definition) is 1. The summed E-state index contributed by atoms with van der Waals surface area (Å²) in [5.74, 6) is -0.805. The van der Waals surface area contributed by atoms with Crippen molar-refractivity contribution in [3.05, 3.63) is 17.3 Å². The van der Waals surface area contributed by atoms with Crippen molar-refractivity contribution >= 4 is 52.5 Å². The molecule has 1 amide bonds. The molecule has 21 nitrogen and oxygen atoms in total. The largest absolute Gasteiger partial charge is 0.414 e. The Kier molecular flexibility index (Phi) is 17.2. The number of rotatable bonds is 25. The highest BCUT2D eigenvalue weighted by molar-refractivity contribution is 7.55. The van der Waals surface area contributed by atoms with E-state index >= 15 is 4.57 Å². The van der Waals surface area contributed by atoms with Crippen molar-refractivity contribution < 1.29 is 56.3 Å². The molecule has 0 aromatic carbocycles. The molecule has 2 aliphatic heterocycles. The summed E-state index contributed by atoms with van der Waals surface area (Å²) in [6.45, 7) is 21.0. The fourth-order valence-electron chi connectivity index (χ4n) is 7.52. The van der Waals surface area contributed by atoms with Crippen molar-refractivity contribution in [3.63, 3.8) is 0 Å². The van der Waals surface area contributed by atoms with E-state index in [0.717, 1.165) is 37.8 Å². The van der Waals surface area contributed by atoms with Crippen LogP contribution in [0.15, 0.2) is 6.20 Å². The van der Waals surface area contributed by atoms with Gasteiger partial charge in [0.15, 0.2) is 30.2 Å². The third-order valence-electron chi connectivity index (χ3n) is 10.8. The van der Waals surface area contributed by atoms with Gasteiger partial charge in [0.2, 0.25) is 16.5 Å². The topological polar surface area (TPSA) is 226 Å². The van der Waals surface area contributed by atoms with Gasteiger partial charge in [0, 0.05) is 35.4 Å². The maximum Gasteiger partial charge on any atom is 0.414 e. The molecule has 2 saturated heterocycles. The zero-order valence-electron chi connectivity index (χ0n) is 38.9. The highest BCUT2D eigenvalue weighted by Gasteiger charge is 2.59. The second-order valence-electron chi connectivity index (χ2n) is 19.1. The molecule has 6 rings (SSSR count). The molecular formula is C39H67ClN9O12PSi2. The number of tetrazole rings is 1. The van der Waals surface area contributed by atoms with Crippen molar-refractivity contribution in [1.82, 2.24) is 45.3 Å². The molecule has 3 aromatic heterocycles. The molecule has 1 N–H and O–H groups in total. The van der Waals surface area contributed by atoms with Gasteiger partial charge in [-0.3, -0.25) is 4.57 Å². The predicted octanol–water partition coefficient (Wildman–Crippen LogP) is 6.78. The number of fused-ring (bicyclic) bond motifs is 2. The Morgan fingerprint density at radius 3 is 2.30 bits per heavy atom. The fraction of sp³-hybridized carbons (Fsp3) is 0.821. The van der Waals surface area contributed by atoms with E-state index in [-0.39, 0.29) is 75.0 Å². The summed E-state index contributed by atoms with van der Waals surface area (Å²) in [5, 5.41) is 18.5. The van der Waals surface area contributed by atoms with E-state index in [0.29, 0.717) is 18.6 Å². The Bertz CT molecular complexity index is 2040. The fourth-order valence-corrected chi connectivity index (χ4v) is 11.1. The normalized spacial score (nSPS) is 22.6. The highest BCUT2D eigenvalue weighted by Crippen LogP contribution is 2.61. The van der Waals surface area contributed by atoms with Crippen molar-refractivity contribution in [2.75, 3.05) is 46.2 Å². The molecule has 0 bridgehead atoms. The molecule has 3 fully saturated rings. The molecule has 1 saturated carbocycles. The van der Waals surface area contributed by atoms with Gasteiger partial charge in [0.05, 0.1) is 39.2 Å². The summed E-state index contributed by atoms with van der Waals surface area (Å²) in [7, 11) is -6.99. The number of nitrogens with zero attached hydrogens (tertiary/aromatic N) is 8. The van der Waals surface area contributed by atoms with E-state index in [1.165, 1.54) is 15.7 Å². The minimum absolute atomic E-state index is 0.0284. The molecule has 3 aromatic rings. The Morgan fingerprint density at radius 2 is 1.62 bits per heavy atom. The lowest BCUT2D eigenvalue weighted by Gasteiger charge is -2.39. The average molecular weight is 977 g/mol. The van der Waals surface area contributed by atoms with Gasteiger partial charge in [-0.15, -0.1) is 15.0 Å². The van der Waals surface area contributed by atoms with Gasteiger partial charge in [0.1, 0.15) is 30.3 Å². The number of halogens is 1. The van der Waals surface area contributed by atoms with Gasteiger partial charge in [-0.1, -0.05) is 52.1 Å². The number of ether oxygens (including phenoxy) is 8. The maximum atomic E-state index is 15.1. The maximum absolute atomic E-state index is 15.1. The second kappa shape index (κ2) is 21.6. The van der Waals surface area contributed by atoms with Crippen LogP contribution in [0.2, 0.25) is 56.7 Å². The van der Waals surface area contributed by atoms with E-state index in [9.17, 15) is 4.79 Å². The summed E-state index contributed by atoms with van der Waals surface area (Å²) in [6, 6.07) is 1.87. The summed E-state index contributed by atoms with van der Waals surface area (Å²) < 4.78 is 78.8. The van der Waals surface area contributed by atoms with Gasteiger partial charge in [-0.2, -0.15) is 15.1 Å². The van der Waals surface area contributed by atoms with Crippen LogP contribution in [0.3, 0.4) is 0 Å².